The van der Waals surface area contributed by atoms with Gasteiger partial charge in [0.15, 0.2) is 11.5 Å². The summed E-state index contributed by atoms with van der Waals surface area (Å²) in [7, 11) is 0. The molecule has 38 heavy (non-hydrogen) atoms. The van der Waals surface area contributed by atoms with Gasteiger partial charge in [-0.2, -0.15) is 0 Å². The predicted octanol–water partition coefficient (Wildman–Crippen LogP) is 6.31. The van der Waals surface area contributed by atoms with Gasteiger partial charge < -0.3 is 29.7 Å². The lowest BCUT2D eigenvalue weighted by Gasteiger charge is -2.23. The fourth-order valence-electron chi connectivity index (χ4n) is 5.59. The molecule has 6 nitrogen and oxygen atoms in total. The van der Waals surface area contributed by atoms with Crippen LogP contribution in [0.1, 0.15) is 86.6 Å². The number of nitrogens with one attached hydrogen (secondary N) is 2. The number of H-pyrrole nitrogens is 1. The van der Waals surface area contributed by atoms with Crippen molar-refractivity contribution in [2.75, 3.05) is 19.7 Å². The van der Waals surface area contributed by atoms with Crippen LogP contribution < -0.4 is 10.1 Å². The summed E-state index contributed by atoms with van der Waals surface area (Å²) in [5, 5.41) is 23.4. The van der Waals surface area contributed by atoms with Gasteiger partial charge in [-0.05, 0) is 80.0 Å². The Hall–Kier alpha value is -2.70. The van der Waals surface area contributed by atoms with Gasteiger partial charge in [-0.3, -0.25) is 0 Å². The molecule has 2 heterocycles. The average molecular weight is 523 g/mol. The number of ether oxygens (including phenoxy) is 1. The molecule has 1 aliphatic rings. The molecule has 0 saturated heterocycles. The predicted molar refractivity (Wildman–Crippen MR) is 152 cm³/mol. The molecule has 208 valence electrons. The third-order valence-electron chi connectivity index (χ3n) is 7.77. The lowest BCUT2D eigenvalue weighted by molar-refractivity contribution is 0.189. The van der Waals surface area contributed by atoms with Gasteiger partial charge in [0.25, 0.3) is 0 Å². The Morgan fingerprint density at radius 1 is 1.03 bits per heavy atom. The minimum Gasteiger partial charge on any atom is -0.504 e. The Bertz CT molecular complexity index is 1100. The van der Waals surface area contributed by atoms with Crippen molar-refractivity contribution in [3.8, 4) is 11.5 Å². The van der Waals surface area contributed by atoms with Crippen molar-refractivity contribution < 1.29 is 19.4 Å². The van der Waals surface area contributed by atoms with Crippen LogP contribution in [0.2, 0.25) is 0 Å². The fourth-order valence-corrected chi connectivity index (χ4v) is 5.59. The number of rotatable bonds is 16. The van der Waals surface area contributed by atoms with Crippen LogP contribution in [-0.4, -0.2) is 41.0 Å². The topological polar surface area (TPSA) is 90.6 Å². The molecule has 0 radical (unpaired) electrons. The van der Waals surface area contributed by atoms with Crippen LogP contribution in [-0.2, 0) is 25.7 Å². The van der Waals surface area contributed by atoms with Gasteiger partial charge in [-0.1, -0.05) is 32.3 Å². The van der Waals surface area contributed by atoms with E-state index in [1.807, 2.05) is 19.1 Å². The maximum atomic E-state index is 10.3. The number of aromatic hydroxyl groups is 1. The maximum absolute atomic E-state index is 10.3. The Labute approximate surface area is 227 Å². The van der Waals surface area contributed by atoms with Crippen LogP contribution in [0.5, 0.6) is 11.5 Å². The van der Waals surface area contributed by atoms with Crippen LogP contribution >= 0.6 is 0 Å². The molecule has 1 fully saturated rings. The highest BCUT2D eigenvalue weighted by atomic mass is 16.5. The minimum absolute atomic E-state index is 0.172. The lowest BCUT2D eigenvalue weighted by Crippen LogP contribution is -2.30. The molecule has 1 aromatic carbocycles. The Balaban J connectivity index is 1.28. The second-order valence-electron chi connectivity index (χ2n) is 11.0. The molecule has 0 bridgehead atoms. The highest BCUT2D eigenvalue weighted by Crippen LogP contribution is 2.37. The van der Waals surface area contributed by atoms with E-state index in [2.05, 4.69) is 41.6 Å². The van der Waals surface area contributed by atoms with Crippen LogP contribution in [0.15, 0.2) is 47.0 Å². The summed E-state index contributed by atoms with van der Waals surface area (Å²) < 4.78 is 12.0. The van der Waals surface area contributed by atoms with E-state index in [0.717, 1.165) is 61.4 Å². The van der Waals surface area contributed by atoms with Crippen molar-refractivity contribution in [2.24, 2.45) is 5.92 Å². The number of hydrogen-bond donors (Lipinski definition) is 4. The molecule has 0 aliphatic heterocycles. The van der Waals surface area contributed by atoms with E-state index in [1.165, 1.54) is 37.7 Å². The number of aryl methyl sites for hydroxylation is 3. The average Bonchev–Trinajstić information content (AvgIpc) is 3.68. The zero-order valence-electron chi connectivity index (χ0n) is 23.2. The van der Waals surface area contributed by atoms with Crippen molar-refractivity contribution in [2.45, 2.75) is 90.1 Å². The summed E-state index contributed by atoms with van der Waals surface area (Å²) in [6.07, 6.45) is 12.7. The molecule has 2 atom stereocenters. The summed E-state index contributed by atoms with van der Waals surface area (Å²) in [6, 6.07) is 12.1. The van der Waals surface area contributed by atoms with Gasteiger partial charge >= 0.3 is 0 Å². The van der Waals surface area contributed by atoms with Crippen molar-refractivity contribution in [3.63, 3.8) is 0 Å². The molecule has 0 spiro atoms. The van der Waals surface area contributed by atoms with E-state index in [4.69, 9.17) is 9.15 Å². The molecule has 2 aromatic heterocycles. The van der Waals surface area contributed by atoms with Gasteiger partial charge in [0.2, 0.25) is 0 Å². The number of aliphatic hydroxyl groups is 1. The Morgan fingerprint density at radius 2 is 1.82 bits per heavy atom. The van der Waals surface area contributed by atoms with Gasteiger partial charge in [0.05, 0.1) is 12.7 Å². The number of benzene rings is 1. The number of furan rings is 1. The molecule has 4 N–H and O–H groups in total. The van der Waals surface area contributed by atoms with Gasteiger partial charge in [0, 0.05) is 50.2 Å². The standard InChI is InChI=1S/C32H46N2O4/c1-3-4-9-28-13-14-29(38-28)12-10-24-11-15-31(36)32(18-24)37-17-16-27-19-26(21-34-27)30(22-33-20-23(2)35)25-7-5-6-8-25/h11,13-15,18-19,21,23,25,30,33-36H,3-10,12,16-17,20,22H2,1-2H3. The molecule has 1 aliphatic carbocycles. The molecule has 4 rings (SSSR count). The third-order valence-corrected chi connectivity index (χ3v) is 7.77. The van der Waals surface area contributed by atoms with Gasteiger partial charge in [-0.15, -0.1) is 0 Å². The van der Waals surface area contributed by atoms with Crippen LogP contribution in [0.4, 0.5) is 0 Å². The van der Waals surface area contributed by atoms with Crippen molar-refractivity contribution in [1.82, 2.24) is 10.3 Å². The largest absolute Gasteiger partial charge is 0.504 e. The quantitative estimate of drug-likeness (QED) is 0.177. The summed E-state index contributed by atoms with van der Waals surface area (Å²) in [5.74, 6) is 3.93. The first-order valence-electron chi connectivity index (χ1n) is 14.6. The lowest BCUT2D eigenvalue weighted by atomic mass is 9.86. The van der Waals surface area contributed by atoms with E-state index in [9.17, 15) is 10.2 Å². The second kappa shape index (κ2) is 14.5. The number of aromatic amines is 1. The molecule has 3 aromatic rings. The molecule has 0 amide bonds. The van der Waals surface area contributed by atoms with E-state index in [1.54, 1.807) is 6.07 Å². The highest BCUT2D eigenvalue weighted by molar-refractivity contribution is 5.42. The Morgan fingerprint density at radius 3 is 2.58 bits per heavy atom. The minimum atomic E-state index is -0.332. The van der Waals surface area contributed by atoms with E-state index in [-0.39, 0.29) is 11.9 Å². The third kappa shape index (κ3) is 8.40. The summed E-state index contributed by atoms with van der Waals surface area (Å²) in [4.78, 5) is 3.44. The molecular formula is C32H46N2O4. The SMILES string of the molecule is CCCCc1ccc(CCc2ccc(O)c(OCCc3cc(C(CNCC(C)O)C4CCCC4)c[nH]3)c2)o1. The van der Waals surface area contributed by atoms with Crippen LogP contribution in [0.25, 0.3) is 0 Å². The maximum Gasteiger partial charge on any atom is 0.161 e. The fraction of sp³-hybridized carbons (Fsp3) is 0.562. The number of hydrogen-bond acceptors (Lipinski definition) is 5. The van der Waals surface area contributed by atoms with Crippen molar-refractivity contribution in [1.29, 1.82) is 0 Å². The van der Waals surface area contributed by atoms with Crippen LogP contribution in [0, 0.1) is 5.92 Å². The number of phenolic OH excluding ortho intramolecular Hbond substituents is 1. The number of phenols is 1. The van der Waals surface area contributed by atoms with Crippen molar-refractivity contribution in [3.05, 3.63) is 70.9 Å². The number of aromatic nitrogens is 1. The molecule has 1 saturated carbocycles. The van der Waals surface area contributed by atoms with E-state index in [0.29, 0.717) is 30.7 Å². The van der Waals surface area contributed by atoms with Crippen molar-refractivity contribution >= 4 is 0 Å². The number of aliphatic hydroxyl groups excluding tert-OH is 1. The zero-order valence-corrected chi connectivity index (χ0v) is 23.2. The monoisotopic (exact) mass is 522 g/mol. The zero-order chi connectivity index (χ0) is 26.7. The first-order chi connectivity index (χ1) is 18.5. The molecule has 2 unspecified atom stereocenters. The highest BCUT2D eigenvalue weighted by Gasteiger charge is 2.27. The van der Waals surface area contributed by atoms with E-state index < -0.39 is 0 Å². The molecule has 6 heteroatoms. The summed E-state index contributed by atoms with van der Waals surface area (Å²) in [6.45, 7) is 6.02. The summed E-state index contributed by atoms with van der Waals surface area (Å²) in [5.41, 5.74) is 3.60. The first kappa shape index (κ1) is 28.3. The van der Waals surface area contributed by atoms with Gasteiger partial charge in [0.1, 0.15) is 11.5 Å². The van der Waals surface area contributed by atoms with E-state index >= 15 is 0 Å². The number of unbranched alkanes of at least 4 members (excludes halogenated alkanes) is 1. The second-order valence-corrected chi connectivity index (χ2v) is 11.0. The smallest absolute Gasteiger partial charge is 0.161 e. The Kier molecular flexibility index (Phi) is 10.8. The van der Waals surface area contributed by atoms with Gasteiger partial charge in [-0.25, -0.2) is 0 Å². The first-order valence-corrected chi connectivity index (χ1v) is 14.6. The normalized spacial score (nSPS) is 15.7. The molecular weight excluding hydrogens is 476 g/mol. The van der Waals surface area contributed by atoms with Crippen LogP contribution in [0.3, 0.4) is 0 Å². The summed E-state index contributed by atoms with van der Waals surface area (Å²) >= 11 is 0.